The Labute approximate surface area is 133 Å². The molecule has 0 aliphatic carbocycles. The van der Waals surface area contributed by atoms with Gasteiger partial charge in [0.15, 0.2) is 0 Å². The number of carbonyl (C=O) groups is 1. The van der Waals surface area contributed by atoms with Gasteiger partial charge in [-0.25, -0.2) is 35.1 Å². The van der Waals surface area contributed by atoms with Crippen LogP contribution in [-0.2, 0) is 4.79 Å². The molecule has 0 aromatic carbocycles. The second kappa shape index (κ2) is 7.12. The first kappa shape index (κ1) is 23.1. The Kier molecular flexibility index (Phi) is 6.84. The van der Waals surface area contributed by atoms with Gasteiger partial charge in [-0.3, -0.25) is 4.79 Å². The summed E-state index contributed by atoms with van der Waals surface area (Å²) >= 11 is 4.15. The van der Waals surface area contributed by atoms with Crippen molar-refractivity contribution in [1.29, 1.82) is 0 Å². The maximum atomic E-state index is 13.2. The Hall–Kier alpha value is -0.940. The van der Waals surface area contributed by atoms with E-state index in [0.717, 1.165) is 0 Å². The molecule has 13 heteroatoms. The van der Waals surface area contributed by atoms with E-state index in [2.05, 4.69) is 11.6 Å². The van der Waals surface area contributed by atoms with Crippen LogP contribution in [0.2, 0.25) is 0 Å². The number of hydrogen-bond donors (Lipinski definition) is 1. The van der Waals surface area contributed by atoms with Crippen molar-refractivity contribution >= 4 is 17.6 Å². The van der Waals surface area contributed by atoms with Crippen molar-refractivity contribution in [3.8, 4) is 0 Å². The standard InChI is InChI=1S/C11H11ClF10O2/c12-11(21,22)5-10(19,20)4-9(17,18)3-8(15,16)2-7(13,14)1-6(23)24/h1-5H2,(H,23,24). The summed E-state index contributed by atoms with van der Waals surface area (Å²) in [6.45, 7) is 0. The van der Waals surface area contributed by atoms with Crippen LogP contribution in [0.1, 0.15) is 32.1 Å². The Balaban J connectivity index is 4.97. The molecule has 0 spiro atoms. The number of aliphatic carboxylic acids is 1. The fourth-order valence-corrected chi connectivity index (χ4v) is 2.10. The SMILES string of the molecule is O=C(O)CC(F)(F)CC(F)(F)CC(F)(F)CC(F)(F)CC(F)(F)Cl. The van der Waals surface area contributed by atoms with E-state index in [9.17, 15) is 48.7 Å². The molecule has 0 rings (SSSR count). The summed E-state index contributed by atoms with van der Waals surface area (Å²) in [5.74, 6) is -21.5. The van der Waals surface area contributed by atoms with E-state index in [-0.39, 0.29) is 0 Å². The van der Waals surface area contributed by atoms with Gasteiger partial charge in [0, 0.05) is 0 Å². The van der Waals surface area contributed by atoms with Gasteiger partial charge in [-0.05, 0) is 11.6 Å². The van der Waals surface area contributed by atoms with Crippen LogP contribution in [-0.4, -0.2) is 40.1 Å². The van der Waals surface area contributed by atoms with Gasteiger partial charge in [-0.15, -0.1) is 0 Å². The first-order valence-corrected chi connectivity index (χ1v) is 6.42. The average Bonchev–Trinajstić information content (AvgIpc) is 2.00. The van der Waals surface area contributed by atoms with Crippen molar-refractivity contribution in [3.63, 3.8) is 0 Å². The average molecular weight is 401 g/mol. The maximum absolute atomic E-state index is 13.2. The molecule has 0 radical (unpaired) electrons. The lowest BCUT2D eigenvalue weighted by atomic mass is 9.97. The van der Waals surface area contributed by atoms with Crippen LogP contribution in [0.4, 0.5) is 43.9 Å². The van der Waals surface area contributed by atoms with Crippen molar-refractivity contribution in [1.82, 2.24) is 0 Å². The monoisotopic (exact) mass is 400 g/mol. The van der Waals surface area contributed by atoms with E-state index in [1.54, 1.807) is 0 Å². The first-order chi connectivity index (χ1) is 10.2. The van der Waals surface area contributed by atoms with E-state index in [4.69, 9.17) is 5.11 Å². The van der Waals surface area contributed by atoms with Gasteiger partial charge in [0.1, 0.15) is 6.42 Å². The van der Waals surface area contributed by atoms with Crippen molar-refractivity contribution in [2.24, 2.45) is 0 Å². The highest BCUT2D eigenvalue weighted by Gasteiger charge is 2.54. The van der Waals surface area contributed by atoms with Gasteiger partial charge in [-0.1, -0.05) is 0 Å². The quantitative estimate of drug-likeness (QED) is 0.394. The van der Waals surface area contributed by atoms with Crippen LogP contribution >= 0.6 is 11.6 Å². The van der Waals surface area contributed by atoms with E-state index in [1.165, 1.54) is 0 Å². The molecule has 0 fully saturated rings. The van der Waals surface area contributed by atoms with E-state index in [1.807, 2.05) is 0 Å². The number of halogens is 11. The molecule has 0 aromatic heterocycles. The molecule has 0 heterocycles. The number of alkyl halides is 11. The molecule has 0 unspecified atom stereocenters. The molecular weight excluding hydrogens is 390 g/mol. The second-order valence-electron chi connectivity index (χ2n) is 5.32. The molecule has 0 amide bonds. The van der Waals surface area contributed by atoms with Gasteiger partial charge in [0.05, 0.1) is 25.7 Å². The fourth-order valence-electron chi connectivity index (χ4n) is 1.90. The Morgan fingerprint density at radius 2 is 0.958 bits per heavy atom. The zero-order chi connectivity index (χ0) is 19.6. The predicted molar refractivity (Wildman–Crippen MR) is 61.3 cm³/mol. The summed E-state index contributed by atoms with van der Waals surface area (Å²) in [6, 6.07) is 0. The summed E-state index contributed by atoms with van der Waals surface area (Å²) < 4.78 is 129. The van der Waals surface area contributed by atoms with Crippen molar-refractivity contribution in [3.05, 3.63) is 0 Å². The summed E-state index contributed by atoms with van der Waals surface area (Å²) in [5.41, 5.74) is 0. The Morgan fingerprint density at radius 3 is 1.25 bits per heavy atom. The van der Waals surface area contributed by atoms with Gasteiger partial charge in [-0.2, -0.15) is 8.78 Å². The Bertz CT molecular complexity index is 447. The molecule has 0 saturated heterocycles. The summed E-state index contributed by atoms with van der Waals surface area (Å²) in [4.78, 5) is 10.1. The highest BCUT2D eigenvalue weighted by atomic mass is 35.5. The van der Waals surface area contributed by atoms with Crippen LogP contribution in [0.15, 0.2) is 0 Å². The van der Waals surface area contributed by atoms with Crippen LogP contribution in [0.5, 0.6) is 0 Å². The van der Waals surface area contributed by atoms with Crippen molar-refractivity contribution in [2.75, 3.05) is 0 Å². The lowest BCUT2D eigenvalue weighted by molar-refractivity contribution is -0.188. The first-order valence-electron chi connectivity index (χ1n) is 6.04. The number of carboxylic acid groups (broad SMARTS) is 1. The summed E-state index contributed by atoms with van der Waals surface area (Å²) in [7, 11) is 0. The van der Waals surface area contributed by atoms with E-state index >= 15 is 0 Å². The third kappa shape index (κ3) is 10.8. The second-order valence-corrected chi connectivity index (χ2v) is 5.87. The van der Waals surface area contributed by atoms with Gasteiger partial charge >= 0.3 is 11.4 Å². The highest BCUT2D eigenvalue weighted by molar-refractivity contribution is 6.21. The zero-order valence-corrected chi connectivity index (χ0v) is 12.3. The molecule has 0 atom stereocenters. The van der Waals surface area contributed by atoms with Crippen molar-refractivity contribution in [2.45, 2.75) is 61.2 Å². The molecule has 0 aliphatic rings. The van der Waals surface area contributed by atoms with Crippen LogP contribution in [0.3, 0.4) is 0 Å². The summed E-state index contributed by atoms with van der Waals surface area (Å²) in [5, 5.41) is 3.51. The fraction of sp³-hybridized carbons (Fsp3) is 0.909. The lowest BCUT2D eigenvalue weighted by Crippen LogP contribution is -2.39. The lowest BCUT2D eigenvalue weighted by Gasteiger charge is -2.28. The normalized spacial score (nSPS) is 14.8. The minimum absolute atomic E-state index is 2.08. The predicted octanol–water partition coefficient (Wildman–Crippen LogP) is 5.39. The molecule has 0 aliphatic heterocycles. The Morgan fingerprint density at radius 1 is 0.667 bits per heavy atom. The number of hydrogen-bond acceptors (Lipinski definition) is 1. The largest absolute Gasteiger partial charge is 0.481 e. The molecule has 0 bridgehead atoms. The van der Waals surface area contributed by atoms with E-state index in [0.29, 0.717) is 0 Å². The minimum atomic E-state index is -4.98. The van der Waals surface area contributed by atoms with Crippen molar-refractivity contribution < 1.29 is 53.8 Å². The van der Waals surface area contributed by atoms with Crippen LogP contribution in [0.25, 0.3) is 0 Å². The third-order valence-corrected chi connectivity index (χ3v) is 2.55. The third-order valence-electron chi connectivity index (χ3n) is 2.42. The highest BCUT2D eigenvalue weighted by Crippen LogP contribution is 2.45. The minimum Gasteiger partial charge on any atom is -0.481 e. The molecule has 144 valence electrons. The number of carboxylic acids is 1. The molecule has 0 aromatic rings. The number of rotatable bonds is 10. The van der Waals surface area contributed by atoms with Crippen LogP contribution < -0.4 is 0 Å². The molecule has 1 N–H and O–H groups in total. The topological polar surface area (TPSA) is 37.3 Å². The smallest absolute Gasteiger partial charge is 0.327 e. The molecule has 2 nitrogen and oxygen atoms in total. The maximum Gasteiger partial charge on any atom is 0.327 e. The van der Waals surface area contributed by atoms with Gasteiger partial charge < -0.3 is 5.11 Å². The zero-order valence-electron chi connectivity index (χ0n) is 11.5. The van der Waals surface area contributed by atoms with E-state index < -0.39 is 67.1 Å². The van der Waals surface area contributed by atoms with Gasteiger partial charge in [0.25, 0.3) is 23.7 Å². The molecule has 0 saturated carbocycles. The molecular formula is C11H11ClF10O2. The molecule has 24 heavy (non-hydrogen) atoms. The summed E-state index contributed by atoms with van der Waals surface area (Å²) in [6.07, 6.45) is -12.8. The van der Waals surface area contributed by atoms with Crippen LogP contribution in [0, 0.1) is 0 Å². The van der Waals surface area contributed by atoms with Gasteiger partial charge in [0.2, 0.25) is 0 Å².